The lowest BCUT2D eigenvalue weighted by Gasteiger charge is -2.29. The first-order valence-electron chi connectivity index (χ1n) is 5.10. The van der Waals surface area contributed by atoms with E-state index in [0.717, 1.165) is 25.8 Å². The van der Waals surface area contributed by atoms with Crippen LogP contribution in [0.1, 0.15) is 32.6 Å². The molecule has 3 heteroatoms. The third-order valence-electron chi connectivity index (χ3n) is 3.22. The van der Waals surface area contributed by atoms with E-state index in [1.807, 2.05) is 4.90 Å². The molecule has 1 saturated heterocycles. The van der Waals surface area contributed by atoms with E-state index in [0.29, 0.717) is 6.54 Å². The summed E-state index contributed by atoms with van der Waals surface area (Å²) >= 11 is 0. The van der Waals surface area contributed by atoms with E-state index in [9.17, 15) is 9.90 Å². The van der Waals surface area contributed by atoms with Gasteiger partial charge < -0.3 is 10.0 Å². The summed E-state index contributed by atoms with van der Waals surface area (Å²) in [5.74, 6) is 0.540. The average molecular weight is 183 g/mol. The molecule has 2 rings (SSSR count). The number of amides is 1. The number of aliphatic hydroxyl groups is 1. The molecule has 1 amide bonds. The number of rotatable bonds is 1. The molecule has 3 nitrogen and oxygen atoms in total. The zero-order valence-corrected chi connectivity index (χ0v) is 8.12. The lowest BCUT2D eigenvalue weighted by atomic mass is 9.84. The molecule has 0 bridgehead atoms. The summed E-state index contributed by atoms with van der Waals surface area (Å²) in [7, 11) is 0. The fourth-order valence-corrected chi connectivity index (χ4v) is 2.05. The van der Waals surface area contributed by atoms with E-state index >= 15 is 0 Å². The molecule has 1 aliphatic heterocycles. The molecule has 13 heavy (non-hydrogen) atoms. The maximum Gasteiger partial charge on any atom is 0.225 e. The Hall–Kier alpha value is -0.570. The van der Waals surface area contributed by atoms with Crippen molar-refractivity contribution in [1.82, 2.24) is 4.90 Å². The van der Waals surface area contributed by atoms with Gasteiger partial charge in [0, 0.05) is 19.0 Å². The first-order valence-corrected chi connectivity index (χ1v) is 5.10. The predicted molar refractivity (Wildman–Crippen MR) is 49.2 cm³/mol. The normalized spacial score (nSPS) is 34.8. The van der Waals surface area contributed by atoms with Crippen molar-refractivity contribution in [2.75, 3.05) is 13.1 Å². The van der Waals surface area contributed by atoms with Crippen LogP contribution in [0, 0.1) is 5.92 Å². The smallest absolute Gasteiger partial charge is 0.225 e. The first-order chi connectivity index (χ1) is 6.08. The van der Waals surface area contributed by atoms with Crippen LogP contribution >= 0.6 is 0 Å². The Bertz CT molecular complexity index is 221. The minimum absolute atomic E-state index is 0.268. The van der Waals surface area contributed by atoms with Crippen LogP contribution in [0.15, 0.2) is 0 Å². The molecule has 0 aromatic carbocycles. The van der Waals surface area contributed by atoms with Gasteiger partial charge in [-0.2, -0.15) is 0 Å². The number of carbonyl (C=O) groups excluding carboxylic acids is 1. The van der Waals surface area contributed by atoms with Gasteiger partial charge in [0.15, 0.2) is 0 Å². The summed E-state index contributed by atoms with van der Waals surface area (Å²) in [6.07, 6.45) is 4.03. The van der Waals surface area contributed by atoms with Gasteiger partial charge in [0.25, 0.3) is 0 Å². The fraction of sp³-hybridized carbons (Fsp3) is 0.900. The summed E-state index contributed by atoms with van der Waals surface area (Å²) in [4.78, 5) is 13.6. The number of hydrogen-bond donors (Lipinski definition) is 1. The lowest BCUT2D eigenvalue weighted by molar-refractivity contribution is -0.137. The van der Waals surface area contributed by atoms with Gasteiger partial charge in [-0.25, -0.2) is 0 Å². The maximum absolute atomic E-state index is 11.7. The molecule has 1 heterocycles. The fourth-order valence-electron chi connectivity index (χ4n) is 2.05. The molecule has 0 aromatic rings. The Morgan fingerprint density at radius 1 is 1.54 bits per heavy atom. The van der Waals surface area contributed by atoms with Crippen molar-refractivity contribution < 1.29 is 9.90 Å². The quantitative estimate of drug-likeness (QED) is 0.652. The van der Waals surface area contributed by atoms with E-state index in [1.165, 1.54) is 6.42 Å². The number of nitrogens with zero attached hydrogens (tertiary/aromatic N) is 1. The Balaban J connectivity index is 1.91. The van der Waals surface area contributed by atoms with Crippen LogP contribution in [0.5, 0.6) is 0 Å². The van der Waals surface area contributed by atoms with Crippen LogP contribution in [0.4, 0.5) is 0 Å². The Morgan fingerprint density at radius 3 is 2.62 bits per heavy atom. The zero-order chi connectivity index (χ0) is 9.47. The van der Waals surface area contributed by atoms with Gasteiger partial charge in [0.1, 0.15) is 0 Å². The minimum Gasteiger partial charge on any atom is -0.388 e. The highest BCUT2D eigenvalue weighted by atomic mass is 16.3. The van der Waals surface area contributed by atoms with Crippen LogP contribution in [0.3, 0.4) is 0 Å². The van der Waals surface area contributed by atoms with Gasteiger partial charge in [-0.1, -0.05) is 6.42 Å². The highest BCUT2D eigenvalue weighted by Gasteiger charge is 2.37. The van der Waals surface area contributed by atoms with Crippen LogP contribution < -0.4 is 0 Å². The van der Waals surface area contributed by atoms with E-state index in [-0.39, 0.29) is 11.8 Å². The number of β-amino-alcohol motifs (C(OH)–C–C–N with tert-alkyl or cyclic N) is 1. The van der Waals surface area contributed by atoms with Gasteiger partial charge in [-0.3, -0.25) is 4.79 Å². The summed E-state index contributed by atoms with van der Waals surface area (Å²) in [5, 5.41) is 9.69. The van der Waals surface area contributed by atoms with Crippen LogP contribution in [-0.2, 0) is 4.79 Å². The van der Waals surface area contributed by atoms with E-state index < -0.39 is 5.60 Å². The Labute approximate surface area is 78.7 Å². The maximum atomic E-state index is 11.7. The topological polar surface area (TPSA) is 40.5 Å². The molecule has 1 N–H and O–H groups in total. The number of likely N-dealkylation sites (tertiary alicyclic amines) is 1. The SMILES string of the molecule is CC1(O)CCN(C(=O)C2CCC2)C1. The highest BCUT2D eigenvalue weighted by molar-refractivity contribution is 5.80. The van der Waals surface area contributed by atoms with Crippen LogP contribution in [0.2, 0.25) is 0 Å². The van der Waals surface area contributed by atoms with Crippen molar-refractivity contribution in [2.24, 2.45) is 5.92 Å². The predicted octanol–water partition coefficient (Wildman–Crippen LogP) is 0.770. The summed E-state index contributed by atoms with van der Waals surface area (Å²) in [6, 6.07) is 0. The molecule has 0 aromatic heterocycles. The monoisotopic (exact) mass is 183 g/mol. The third kappa shape index (κ3) is 1.70. The highest BCUT2D eigenvalue weighted by Crippen LogP contribution is 2.31. The van der Waals surface area contributed by atoms with Gasteiger partial charge >= 0.3 is 0 Å². The second-order valence-electron chi connectivity index (χ2n) is 4.63. The van der Waals surface area contributed by atoms with Crippen molar-refractivity contribution in [2.45, 2.75) is 38.2 Å². The number of hydrogen-bond acceptors (Lipinski definition) is 2. The standard InChI is InChI=1S/C10H17NO2/c1-10(13)5-6-11(7-10)9(12)8-3-2-4-8/h8,13H,2-7H2,1H3. The van der Waals surface area contributed by atoms with Crippen molar-refractivity contribution in [3.63, 3.8) is 0 Å². The van der Waals surface area contributed by atoms with E-state index in [2.05, 4.69) is 0 Å². The molecule has 1 unspecified atom stereocenters. The molecular weight excluding hydrogens is 166 g/mol. The van der Waals surface area contributed by atoms with Crippen molar-refractivity contribution in [1.29, 1.82) is 0 Å². The van der Waals surface area contributed by atoms with E-state index in [4.69, 9.17) is 0 Å². The second kappa shape index (κ2) is 2.98. The summed E-state index contributed by atoms with van der Waals surface area (Å²) < 4.78 is 0. The molecular formula is C10H17NO2. The van der Waals surface area contributed by atoms with Gasteiger partial charge in [-0.05, 0) is 26.2 Å². The van der Waals surface area contributed by atoms with E-state index in [1.54, 1.807) is 6.92 Å². The van der Waals surface area contributed by atoms with Gasteiger partial charge in [0.05, 0.1) is 5.60 Å². The molecule has 2 fully saturated rings. The summed E-state index contributed by atoms with van der Waals surface area (Å²) in [5.41, 5.74) is -0.639. The first kappa shape index (κ1) is 9.00. The van der Waals surface area contributed by atoms with Crippen LogP contribution in [0.25, 0.3) is 0 Å². The third-order valence-corrected chi connectivity index (χ3v) is 3.22. The van der Waals surface area contributed by atoms with Crippen LogP contribution in [-0.4, -0.2) is 34.6 Å². The Kier molecular flexibility index (Phi) is 2.06. The van der Waals surface area contributed by atoms with Gasteiger partial charge in [-0.15, -0.1) is 0 Å². The molecule has 1 atom stereocenters. The molecule has 1 aliphatic carbocycles. The zero-order valence-electron chi connectivity index (χ0n) is 8.12. The summed E-state index contributed by atoms with van der Waals surface area (Å²) in [6.45, 7) is 3.08. The molecule has 2 aliphatic rings. The molecule has 1 saturated carbocycles. The van der Waals surface area contributed by atoms with Crippen molar-refractivity contribution >= 4 is 5.91 Å². The molecule has 74 valence electrons. The van der Waals surface area contributed by atoms with Crippen molar-refractivity contribution in [3.05, 3.63) is 0 Å². The molecule has 0 radical (unpaired) electrons. The number of carbonyl (C=O) groups is 1. The minimum atomic E-state index is -0.639. The lowest BCUT2D eigenvalue weighted by Crippen LogP contribution is -2.39. The molecule has 0 spiro atoms. The van der Waals surface area contributed by atoms with Crippen molar-refractivity contribution in [3.8, 4) is 0 Å². The second-order valence-corrected chi connectivity index (χ2v) is 4.63. The average Bonchev–Trinajstić information content (AvgIpc) is 2.26. The Morgan fingerprint density at radius 2 is 2.23 bits per heavy atom. The largest absolute Gasteiger partial charge is 0.388 e. The van der Waals surface area contributed by atoms with Gasteiger partial charge in [0.2, 0.25) is 5.91 Å².